The molecule has 2 rings (SSSR count). The SMILES string of the molecule is Cc1ccc(C2=CC(=O)C(=O)N=N2)cc1. The average molecular weight is 200 g/mol. The van der Waals surface area contributed by atoms with Crippen molar-refractivity contribution in [3.8, 4) is 0 Å². The number of amides is 1. The van der Waals surface area contributed by atoms with E-state index in [2.05, 4.69) is 10.2 Å². The number of nitrogens with zero attached hydrogens (tertiary/aromatic N) is 2. The molecule has 1 heterocycles. The van der Waals surface area contributed by atoms with Gasteiger partial charge in [-0.05, 0) is 6.92 Å². The molecule has 4 heteroatoms. The van der Waals surface area contributed by atoms with Gasteiger partial charge in [-0.1, -0.05) is 29.8 Å². The predicted molar refractivity (Wildman–Crippen MR) is 54.0 cm³/mol. The van der Waals surface area contributed by atoms with Gasteiger partial charge in [-0.25, -0.2) is 0 Å². The Balaban J connectivity index is 2.37. The molecule has 0 unspecified atom stereocenters. The Morgan fingerprint density at radius 2 is 1.67 bits per heavy atom. The lowest BCUT2D eigenvalue weighted by atomic mass is 10.1. The number of aryl methyl sites for hydroxylation is 1. The Morgan fingerprint density at radius 3 is 2.27 bits per heavy atom. The van der Waals surface area contributed by atoms with Crippen LogP contribution in [-0.4, -0.2) is 11.7 Å². The monoisotopic (exact) mass is 200 g/mol. The van der Waals surface area contributed by atoms with E-state index in [0.29, 0.717) is 5.70 Å². The van der Waals surface area contributed by atoms with Crippen LogP contribution in [0.15, 0.2) is 40.6 Å². The van der Waals surface area contributed by atoms with Gasteiger partial charge in [-0.3, -0.25) is 9.59 Å². The standard InChI is InChI=1S/C11H8N2O2/c1-7-2-4-8(5-3-7)9-6-10(14)11(15)13-12-9/h2-6H,1H3. The molecule has 1 aromatic rings. The van der Waals surface area contributed by atoms with E-state index in [-0.39, 0.29) is 0 Å². The van der Waals surface area contributed by atoms with E-state index in [9.17, 15) is 9.59 Å². The molecule has 1 aromatic carbocycles. The lowest BCUT2D eigenvalue weighted by Crippen LogP contribution is -2.10. The van der Waals surface area contributed by atoms with Crippen LogP contribution in [0.25, 0.3) is 5.70 Å². The van der Waals surface area contributed by atoms with Crippen molar-refractivity contribution >= 4 is 17.4 Å². The van der Waals surface area contributed by atoms with Crippen LogP contribution >= 0.6 is 0 Å². The smallest absolute Gasteiger partial charge is 0.284 e. The maximum absolute atomic E-state index is 11.1. The molecule has 0 aliphatic carbocycles. The first-order valence-corrected chi connectivity index (χ1v) is 4.45. The fraction of sp³-hybridized carbons (Fsp3) is 0.0909. The summed E-state index contributed by atoms with van der Waals surface area (Å²) in [4.78, 5) is 21.8. The third-order valence-corrected chi connectivity index (χ3v) is 2.07. The molecule has 0 spiro atoms. The van der Waals surface area contributed by atoms with Crippen LogP contribution in [0, 0.1) is 6.92 Å². The van der Waals surface area contributed by atoms with Crippen molar-refractivity contribution in [1.82, 2.24) is 0 Å². The third kappa shape index (κ3) is 1.88. The van der Waals surface area contributed by atoms with E-state index in [1.165, 1.54) is 6.08 Å². The second-order valence-corrected chi connectivity index (χ2v) is 3.27. The number of benzene rings is 1. The van der Waals surface area contributed by atoms with Gasteiger partial charge in [-0.15, -0.1) is 10.2 Å². The first-order valence-electron chi connectivity index (χ1n) is 4.45. The molecule has 0 N–H and O–H groups in total. The van der Waals surface area contributed by atoms with Crippen LogP contribution in [0.1, 0.15) is 11.1 Å². The quantitative estimate of drug-likeness (QED) is 0.650. The second kappa shape index (κ2) is 3.57. The Hall–Kier alpha value is -2.10. The Bertz CT molecular complexity index is 484. The van der Waals surface area contributed by atoms with Crippen molar-refractivity contribution in [1.29, 1.82) is 0 Å². The van der Waals surface area contributed by atoms with Gasteiger partial charge in [0.25, 0.3) is 0 Å². The van der Waals surface area contributed by atoms with Gasteiger partial charge >= 0.3 is 5.91 Å². The molecular weight excluding hydrogens is 192 g/mol. The van der Waals surface area contributed by atoms with Crippen LogP contribution in [0.4, 0.5) is 0 Å². The summed E-state index contributed by atoms with van der Waals surface area (Å²) in [5.41, 5.74) is 2.33. The van der Waals surface area contributed by atoms with Gasteiger partial charge in [0.2, 0.25) is 5.78 Å². The summed E-state index contributed by atoms with van der Waals surface area (Å²) in [5.74, 6) is -1.44. The molecule has 0 fully saturated rings. The van der Waals surface area contributed by atoms with E-state index in [0.717, 1.165) is 11.1 Å². The van der Waals surface area contributed by atoms with Crippen molar-refractivity contribution < 1.29 is 9.59 Å². The van der Waals surface area contributed by atoms with Crippen molar-refractivity contribution in [2.75, 3.05) is 0 Å². The van der Waals surface area contributed by atoms with Crippen LogP contribution in [-0.2, 0) is 9.59 Å². The number of rotatable bonds is 1. The fourth-order valence-electron chi connectivity index (χ4n) is 1.23. The average Bonchev–Trinajstić information content (AvgIpc) is 2.23. The first kappa shape index (κ1) is 9.45. The summed E-state index contributed by atoms with van der Waals surface area (Å²) in [6.07, 6.45) is 1.21. The largest absolute Gasteiger partial charge is 0.335 e. The predicted octanol–water partition coefficient (Wildman–Crippen LogP) is 1.90. The fourth-order valence-corrected chi connectivity index (χ4v) is 1.23. The van der Waals surface area contributed by atoms with E-state index in [1.807, 2.05) is 31.2 Å². The molecule has 1 aliphatic rings. The van der Waals surface area contributed by atoms with E-state index in [1.54, 1.807) is 0 Å². The zero-order chi connectivity index (χ0) is 10.8. The number of hydrogen-bond donors (Lipinski definition) is 0. The molecule has 0 atom stereocenters. The Kier molecular flexibility index (Phi) is 2.25. The summed E-state index contributed by atoms with van der Waals surface area (Å²) in [6, 6.07) is 7.49. The molecule has 0 saturated carbocycles. The van der Waals surface area contributed by atoms with Gasteiger partial charge in [0.15, 0.2) is 0 Å². The van der Waals surface area contributed by atoms with E-state index >= 15 is 0 Å². The highest BCUT2D eigenvalue weighted by Gasteiger charge is 2.17. The third-order valence-electron chi connectivity index (χ3n) is 2.07. The molecule has 0 aromatic heterocycles. The number of carbonyl (C=O) groups excluding carboxylic acids is 2. The minimum Gasteiger partial charge on any atom is -0.284 e. The van der Waals surface area contributed by atoms with Crippen LogP contribution < -0.4 is 0 Å². The number of azo groups is 1. The molecule has 0 radical (unpaired) electrons. The van der Waals surface area contributed by atoms with Gasteiger partial charge < -0.3 is 0 Å². The zero-order valence-corrected chi connectivity index (χ0v) is 8.10. The Labute approximate surface area is 86.3 Å². The zero-order valence-electron chi connectivity index (χ0n) is 8.10. The molecule has 15 heavy (non-hydrogen) atoms. The molecular formula is C11H8N2O2. The number of carbonyl (C=O) groups is 2. The molecule has 0 bridgehead atoms. The van der Waals surface area contributed by atoms with E-state index in [4.69, 9.17) is 0 Å². The van der Waals surface area contributed by atoms with Crippen molar-refractivity contribution in [2.45, 2.75) is 6.92 Å². The van der Waals surface area contributed by atoms with E-state index < -0.39 is 11.7 Å². The van der Waals surface area contributed by atoms with Crippen molar-refractivity contribution in [3.05, 3.63) is 41.5 Å². The molecule has 74 valence electrons. The van der Waals surface area contributed by atoms with Gasteiger partial charge in [0.05, 0.1) is 5.70 Å². The normalized spacial score (nSPS) is 15.4. The van der Waals surface area contributed by atoms with Crippen LogP contribution in [0.2, 0.25) is 0 Å². The second-order valence-electron chi connectivity index (χ2n) is 3.27. The van der Waals surface area contributed by atoms with Gasteiger partial charge in [0, 0.05) is 11.6 Å². The van der Waals surface area contributed by atoms with Crippen molar-refractivity contribution in [3.63, 3.8) is 0 Å². The highest BCUT2D eigenvalue weighted by Crippen LogP contribution is 2.19. The number of hydrogen-bond acceptors (Lipinski definition) is 3. The topological polar surface area (TPSA) is 58.9 Å². The highest BCUT2D eigenvalue weighted by atomic mass is 16.2. The molecule has 0 saturated heterocycles. The van der Waals surface area contributed by atoms with Gasteiger partial charge in [-0.2, -0.15) is 0 Å². The van der Waals surface area contributed by atoms with Crippen LogP contribution in [0.3, 0.4) is 0 Å². The highest BCUT2D eigenvalue weighted by molar-refractivity contribution is 6.42. The van der Waals surface area contributed by atoms with Crippen LogP contribution in [0.5, 0.6) is 0 Å². The lowest BCUT2D eigenvalue weighted by Gasteiger charge is -2.03. The summed E-state index contributed by atoms with van der Waals surface area (Å²) in [7, 11) is 0. The summed E-state index contributed by atoms with van der Waals surface area (Å²) >= 11 is 0. The Morgan fingerprint density at radius 1 is 1.00 bits per heavy atom. The number of ketones is 1. The first-order chi connectivity index (χ1) is 7.16. The summed E-state index contributed by atoms with van der Waals surface area (Å²) in [5, 5.41) is 6.94. The maximum atomic E-state index is 11.1. The molecule has 4 nitrogen and oxygen atoms in total. The maximum Gasteiger partial charge on any atom is 0.335 e. The summed E-state index contributed by atoms with van der Waals surface area (Å²) in [6.45, 7) is 1.97. The lowest BCUT2D eigenvalue weighted by molar-refractivity contribution is -0.133. The molecule has 1 amide bonds. The minimum atomic E-state index is -0.814. The van der Waals surface area contributed by atoms with Gasteiger partial charge in [0.1, 0.15) is 0 Å². The minimum absolute atomic E-state index is 0.430. The van der Waals surface area contributed by atoms with Crippen molar-refractivity contribution in [2.24, 2.45) is 10.2 Å². The molecule has 1 aliphatic heterocycles. The summed E-state index contributed by atoms with van der Waals surface area (Å²) < 4.78 is 0.